The Morgan fingerprint density at radius 3 is 3.00 bits per heavy atom. The lowest BCUT2D eigenvalue weighted by molar-refractivity contribution is 0.489. The van der Waals surface area contributed by atoms with E-state index in [0.717, 1.165) is 22.3 Å². The summed E-state index contributed by atoms with van der Waals surface area (Å²) in [6.45, 7) is 2.27. The van der Waals surface area contributed by atoms with Crippen LogP contribution in [-0.4, -0.2) is 15.8 Å². The molecule has 0 aliphatic heterocycles. The standard InChI is InChI=1S/C16H20ClN3/c1-2-12-6-3-8-14(12)19-15-9-4-7-13(17)16(15)20-11-5-10-18-20/h4-5,7,9-12,14,19H,2-3,6,8H2,1H3. The van der Waals surface area contributed by atoms with Crippen LogP contribution in [0.4, 0.5) is 5.69 Å². The number of para-hydroxylation sites is 1. The fraction of sp³-hybridized carbons (Fsp3) is 0.438. The normalized spacial score (nSPS) is 22.1. The third-order valence-electron chi connectivity index (χ3n) is 4.24. The molecule has 106 valence electrons. The zero-order chi connectivity index (χ0) is 13.9. The minimum Gasteiger partial charge on any atom is -0.380 e. The lowest BCUT2D eigenvalue weighted by Crippen LogP contribution is -2.24. The second kappa shape index (κ2) is 5.88. The molecule has 1 aliphatic carbocycles. The first-order valence-corrected chi connectivity index (χ1v) is 7.72. The van der Waals surface area contributed by atoms with Crippen LogP contribution in [-0.2, 0) is 0 Å². The predicted octanol–water partition coefficient (Wildman–Crippen LogP) is 4.52. The maximum atomic E-state index is 6.38. The molecule has 2 atom stereocenters. The quantitative estimate of drug-likeness (QED) is 0.897. The van der Waals surface area contributed by atoms with Crippen LogP contribution >= 0.6 is 11.6 Å². The van der Waals surface area contributed by atoms with Crippen LogP contribution in [0.15, 0.2) is 36.7 Å². The van der Waals surface area contributed by atoms with Crippen molar-refractivity contribution in [2.45, 2.75) is 38.6 Å². The summed E-state index contributed by atoms with van der Waals surface area (Å²) >= 11 is 6.38. The highest BCUT2D eigenvalue weighted by atomic mass is 35.5. The highest BCUT2D eigenvalue weighted by molar-refractivity contribution is 6.33. The molecule has 3 rings (SSSR count). The number of aromatic nitrogens is 2. The molecule has 0 bridgehead atoms. The van der Waals surface area contributed by atoms with Crippen molar-refractivity contribution in [2.75, 3.05) is 5.32 Å². The van der Waals surface area contributed by atoms with Gasteiger partial charge in [-0.1, -0.05) is 37.4 Å². The van der Waals surface area contributed by atoms with Gasteiger partial charge in [0.15, 0.2) is 0 Å². The molecule has 1 heterocycles. The summed E-state index contributed by atoms with van der Waals surface area (Å²) in [6, 6.07) is 8.46. The Labute approximate surface area is 124 Å². The van der Waals surface area contributed by atoms with Crippen LogP contribution in [0.1, 0.15) is 32.6 Å². The van der Waals surface area contributed by atoms with Gasteiger partial charge in [-0.25, -0.2) is 4.68 Å². The van der Waals surface area contributed by atoms with Gasteiger partial charge in [-0.15, -0.1) is 0 Å². The molecule has 0 spiro atoms. The van der Waals surface area contributed by atoms with Gasteiger partial charge in [0.1, 0.15) is 5.69 Å². The summed E-state index contributed by atoms with van der Waals surface area (Å²) in [5.74, 6) is 0.763. The van der Waals surface area contributed by atoms with Gasteiger partial charge in [0.25, 0.3) is 0 Å². The van der Waals surface area contributed by atoms with Crippen molar-refractivity contribution in [3.05, 3.63) is 41.7 Å². The molecule has 4 heteroatoms. The van der Waals surface area contributed by atoms with Gasteiger partial charge in [0, 0.05) is 18.4 Å². The van der Waals surface area contributed by atoms with Crippen LogP contribution in [0.25, 0.3) is 5.69 Å². The molecule has 1 fully saturated rings. The topological polar surface area (TPSA) is 29.9 Å². The first-order valence-electron chi connectivity index (χ1n) is 7.34. The fourth-order valence-electron chi connectivity index (χ4n) is 3.18. The number of rotatable bonds is 4. The SMILES string of the molecule is CCC1CCCC1Nc1cccc(Cl)c1-n1cccn1. The molecular formula is C16H20ClN3. The van der Waals surface area contributed by atoms with Gasteiger partial charge in [-0.3, -0.25) is 0 Å². The van der Waals surface area contributed by atoms with E-state index in [1.165, 1.54) is 25.7 Å². The third kappa shape index (κ3) is 2.55. The lowest BCUT2D eigenvalue weighted by Gasteiger charge is -2.23. The number of halogens is 1. The highest BCUT2D eigenvalue weighted by Crippen LogP contribution is 2.34. The largest absolute Gasteiger partial charge is 0.380 e. The number of nitrogens with one attached hydrogen (secondary N) is 1. The Balaban J connectivity index is 1.92. The van der Waals surface area contributed by atoms with E-state index in [1.54, 1.807) is 6.20 Å². The van der Waals surface area contributed by atoms with Gasteiger partial charge in [-0.05, 0) is 37.0 Å². The zero-order valence-corrected chi connectivity index (χ0v) is 12.5. The van der Waals surface area contributed by atoms with Crippen molar-refractivity contribution in [3.8, 4) is 5.69 Å². The zero-order valence-electron chi connectivity index (χ0n) is 11.7. The molecule has 1 aromatic carbocycles. The van der Waals surface area contributed by atoms with Crippen molar-refractivity contribution in [3.63, 3.8) is 0 Å². The van der Waals surface area contributed by atoms with Gasteiger partial charge >= 0.3 is 0 Å². The van der Waals surface area contributed by atoms with Crippen LogP contribution in [0.5, 0.6) is 0 Å². The smallest absolute Gasteiger partial charge is 0.106 e. The summed E-state index contributed by atoms with van der Waals surface area (Å²) in [5.41, 5.74) is 2.02. The van der Waals surface area contributed by atoms with E-state index >= 15 is 0 Å². The van der Waals surface area contributed by atoms with Gasteiger partial charge in [0.2, 0.25) is 0 Å². The Morgan fingerprint density at radius 1 is 1.35 bits per heavy atom. The fourth-order valence-corrected chi connectivity index (χ4v) is 3.44. The molecule has 3 nitrogen and oxygen atoms in total. The summed E-state index contributed by atoms with van der Waals surface area (Å²) in [5, 5.41) is 8.73. The minimum absolute atomic E-state index is 0.549. The lowest BCUT2D eigenvalue weighted by atomic mass is 10.0. The van der Waals surface area contributed by atoms with Crippen molar-refractivity contribution >= 4 is 17.3 Å². The number of nitrogens with zero attached hydrogens (tertiary/aromatic N) is 2. The Kier molecular flexibility index (Phi) is 3.97. The van der Waals surface area contributed by atoms with E-state index in [1.807, 2.05) is 29.1 Å². The van der Waals surface area contributed by atoms with Crippen molar-refractivity contribution < 1.29 is 0 Å². The molecule has 0 saturated heterocycles. The summed E-state index contributed by atoms with van der Waals surface area (Å²) in [6.07, 6.45) is 8.81. The average molecular weight is 290 g/mol. The number of benzene rings is 1. The minimum atomic E-state index is 0.549. The van der Waals surface area contributed by atoms with Crippen LogP contribution < -0.4 is 5.32 Å². The molecule has 1 aromatic heterocycles. The van der Waals surface area contributed by atoms with Gasteiger partial charge < -0.3 is 5.32 Å². The molecular weight excluding hydrogens is 270 g/mol. The Hall–Kier alpha value is -1.48. The molecule has 2 unspecified atom stereocenters. The number of anilines is 1. The van der Waals surface area contributed by atoms with E-state index in [-0.39, 0.29) is 0 Å². The summed E-state index contributed by atoms with van der Waals surface area (Å²) in [4.78, 5) is 0. The second-order valence-corrected chi connectivity index (χ2v) is 5.84. The summed E-state index contributed by atoms with van der Waals surface area (Å²) in [7, 11) is 0. The number of hydrogen-bond acceptors (Lipinski definition) is 2. The average Bonchev–Trinajstić information content (AvgIpc) is 3.10. The van der Waals surface area contributed by atoms with Crippen molar-refractivity contribution in [1.29, 1.82) is 0 Å². The van der Waals surface area contributed by atoms with Crippen LogP contribution in [0, 0.1) is 5.92 Å². The molecule has 0 amide bonds. The van der Waals surface area contributed by atoms with Gasteiger partial charge in [0.05, 0.1) is 10.7 Å². The van der Waals surface area contributed by atoms with Crippen LogP contribution in [0.3, 0.4) is 0 Å². The maximum Gasteiger partial charge on any atom is 0.106 e. The highest BCUT2D eigenvalue weighted by Gasteiger charge is 2.26. The summed E-state index contributed by atoms with van der Waals surface area (Å²) < 4.78 is 1.83. The van der Waals surface area contributed by atoms with Crippen molar-refractivity contribution in [1.82, 2.24) is 9.78 Å². The monoisotopic (exact) mass is 289 g/mol. The predicted molar refractivity (Wildman–Crippen MR) is 83.6 cm³/mol. The molecule has 20 heavy (non-hydrogen) atoms. The molecule has 1 aliphatic rings. The molecule has 0 radical (unpaired) electrons. The van der Waals surface area contributed by atoms with Crippen LogP contribution in [0.2, 0.25) is 5.02 Å². The maximum absolute atomic E-state index is 6.38. The number of hydrogen-bond donors (Lipinski definition) is 1. The molecule has 2 aromatic rings. The van der Waals surface area contributed by atoms with E-state index in [9.17, 15) is 0 Å². The molecule has 1 saturated carbocycles. The van der Waals surface area contributed by atoms with Gasteiger partial charge in [-0.2, -0.15) is 5.10 Å². The van der Waals surface area contributed by atoms with E-state index in [4.69, 9.17) is 11.6 Å². The first-order chi connectivity index (χ1) is 9.79. The van der Waals surface area contributed by atoms with E-state index < -0.39 is 0 Å². The first kappa shape index (κ1) is 13.5. The third-order valence-corrected chi connectivity index (χ3v) is 4.55. The second-order valence-electron chi connectivity index (χ2n) is 5.44. The Bertz CT molecular complexity index is 565. The van der Waals surface area contributed by atoms with E-state index in [2.05, 4.69) is 23.4 Å². The van der Waals surface area contributed by atoms with E-state index in [0.29, 0.717) is 6.04 Å². The molecule has 1 N–H and O–H groups in total. The van der Waals surface area contributed by atoms with Crippen molar-refractivity contribution in [2.24, 2.45) is 5.92 Å². The Morgan fingerprint density at radius 2 is 2.25 bits per heavy atom.